The summed E-state index contributed by atoms with van der Waals surface area (Å²) in [7, 11) is 0. The molecule has 1 heterocycles. The predicted molar refractivity (Wildman–Crippen MR) is 68.7 cm³/mol. The standard InChI is InChI=1S/C14H15FN2O2/c1-10(2)17-9-16-6-13(17)8-19-14-4-3-12(15)5-11(14)7-18/h3-7,9-10H,8H2,1-2H3. The maximum absolute atomic E-state index is 13.0. The van der Waals surface area contributed by atoms with Crippen molar-refractivity contribution in [3.63, 3.8) is 0 Å². The Labute approximate surface area is 110 Å². The Morgan fingerprint density at radius 1 is 1.47 bits per heavy atom. The first-order valence-corrected chi connectivity index (χ1v) is 6.00. The second-order valence-electron chi connectivity index (χ2n) is 4.47. The summed E-state index contributed by atoms with van der Waals surface area (Å²) in [6.45, 7) is 4.37. The molecule has 0 fully saturated rings. The zero-order valence-corrected chi connectivity index (χ0v) is 10.8. The van der Waals surface area contributed by atoms with Crippen LogP contribution in [0.2, 0.25) is 0 Å². The summed E-state index contributed by atoms with van der Waals surface area (Å²) in [5.74, 6) is -0.0884. The Morgan fingerprint density at radius 2 is 2.26 bits per heavy atom. The SMILES string of the molecule is CC(C)n1cncc1COc1ccc(F)cc1C=O. The molecule has 0 saturated carbocycles. The van der Waals surface area contributed by atoms with Crippen molar-refractivity contribution in [2.45, 2.75) is 26.5 Å². The zero-order chi connectivity index (χ0) is 13.8. The van der Waals surface area contributed by atoms with E-state index in [0.717, 1.165) is 11.8 Å². The summed E-state index contributed by atoms with van der Waals surface area (Å²) in [5, 5.41) is 0. The van der Waals surface area contributed by atoms with Gasteiger partial charge >= 0.3 is 0 Å². The molecule has 2 aromatic rings. The van der Waals surface area contributed by atoms with Gasteiger partial charge in [-0.15, -0.1) is 0 Å². The van der Waals surface area contributed by atoms with E-state index < -0.39 is 5.82 Å². The summed E-state index contributed by atoms with van der Waals surface area (Å²) in [6, 6.07) is 4.15. The summed E-state index contributed by atoms with van der Waals surface area (Å²) in [6.07, 6.45) is 4.02. The molecule has 100 valence electrons. The fraction of sp³-hybridized carbons (Fsp3) is 0.286. The number of nitrogens with zero attached hydrogens (tertiary/aromatic N) is 2. The predicted octanol–water partition coefficient (Wildman–Crippen LogP) is 2.99. The van der Waals surface area contributed by atoms with Crippen LogP contribution in [0.25, 0.3) is 0 Å². The summed E-state index contributed by atoms with van der Waals surface area (Å²) < 4.78 is 20.5. The van der Waals surface area contributed by atoms with Crippen molar-refractivity contribution in [3.8, 4) is 5.75 Å². The summed E-state index contributed by atoms with van der Waals surface area (Å²) in [5.41, 5.74) is 1.10. The number of imidazole rings is 1. The molecule has 0 aliphatic heterocycles. The molecule has 0 atom stereocenters. The zero-order valence-electron chi connectivity index (χ0n) is 10.8. The summed E-state index contributed by atoms with van der Waals surface area (Å²) >= 11 is 0. The maximum atomic E-state index is 13.0. The van der Waals surface area contributed by atoms with E-state index in [1.165, 1.54) is 12.1 Å². The second-order valence-corrected chi connectivity index (χ2v) is 4.47. The molecule has 0 amide bonds. The van der Waals surface area contributed by atoms with Gasteiger partial charge in [0, 0.05) is 6.04 Å². The van der Waals surface area contributed by atoms with Crippen molar-refractivity contribution < 1.29 is 13.9 Å². The minimum atomic E-state index is -0.457. The van der Waals surface area contributed by atoms with Crippen molar-refractivity contribution in [2.75, 3.05) is 0 Å². The maximum Gasteiger partial charge on any atom is 0.153 e. The topological polar surface area (TPSA) is 44.1 Å². The third-order valence-electron chi connectivity index (χ3n) is 2.78. The van der Waals surface area contributed by atoms with Gasteiger partial charge in [0.05, 0.1) is 23.8 Å². The van der Waals surface area contributed by atoms with Gasteiger partial charge in [-0.25, -0.2) is 9.37 Å². The average Bonchev–Trinajstić information content (AvgIpc) is 2.85. The lowest BCUT2D eigenvalue weighted by Crippen LogP contribution is -2.08. The van der Waals surface area contributed by atoms with Crippen LogP contribution < -0.4 is 4.74 Å². The van der Waals surface area contributed by atoms with Crippen molar-refractivity contribution >= 4 is 6.29 Å². The molecule has 0 bridgehead atoms. The largest absolute Gasteiger partial charge is 0.487 e. The van der Waals surface area contributed by atoms with Crippen LogP contribution in [-0.4, -0.2) is 15.8 Å². The van der Waals surface area contributed by atoms with E-state index in [1.54, 1.807) is 12.5 Å². The molecule has 0 unspecified atom stereocenters. The van der Waals surface area contributed by atoms with Gasteiger partial charge in [0.15, 0.2) is 6.29 Å². The Balaban J connectivity index is 2.14. The second kappa shape index (κ2) is 5.65. The number of hydrogen-bond acceptors (Lipinski definition) is 3. The number of benzene rings is 1. The molecule has 1 aromatic carbocycles. The monoisotopic (exact) mass is 262 g/mol. The van der Waals surface area contributed by atoms with Crippen LogP contribution in [0.5, 0.6) is 5.75 Å². The Bertz CT molecular complexity index is 579. The van der Waals surface area contributed by atoms with Gasteiger partial charge in [-0.05, 0) is 32.0 Å². The van der Waals surface area contributed by atoms with Gasteiger partial charge in [-0.2, -0.15) is 0 Å². The number of hydrogen-bond donors (Lipinski definition) is 0. The lowest BCUT2D eigenvalue weighted by molar-refractivity contribution is 0.111. The molecule has 0 aliphatic carbocycles. The minimum absolute atomic E-state index is 0.204. The van der Waals surface area contributed by atoms with E-state index >= 15 is 0 Å². The number of aromatic nitrogens is 2. The highest BCUT2D eigenvalue weighted by atomic mass is 19.1. The van der Waals surface area contributed by atoms with E-state index in [4.69, 9.17) is 4.74 Å². The highest BCUT2D eigenvalue weighted by molar-refractivity contribution is 5.79. The van der Waals surface area contributed by atoms with Gasteiger partial charge in [0.1, 0.15) is 18.2 Å². The summed E-state index contributed by atoms with van der Waals surface area (Å²) in [4.78, 5) is 14.9. The molecule has 1 aromatic heterocycles. The van der Waals surface area contributed by atoms with Crippen LogP contribution in [0.15, 0.2) is 30.7 Å². The molecule has 0 spiro atoms. The van der Waals surface area contributed by atoms with Crippen molar-refractivity contribution in [2.24, 2.45) is 0 Å². The first-order chi connectivity index (χ1) is 9.11. The Morgan fingerprint density at radius 3 is 2.95 bits per heavy atom. The molecule has 4 nitrogen and oxygen atoms in total. The molecule has 2 rings (SSSR count). The first-order valence-electron chi connectivity index (χ1n) is 6.00. The number of ether oxygens (including phenoxy) is 1. The van der Waals surface area contributed by atoms with Crippen LogP contribution in [0.3, 0.4) is 0 Å². The lowest BCUT2D eigenvalue weighted by atomic mass is 10.2. The Hall–Kier alpha value is -2.17. The number of aldehydes is 1. The van der Waals surface area contributed by atoms with Gasteiger partial charge in [-0.1, -0.05) is 0 Å². The molecule has 5 heteroatoms. The van der Waals surface area contributed by atoms with E-state index in [9.17, 15) is 9.18 Å². The van der Waals surface area contributed by atoms with Crippen molar-refractivity contribution in [1.29, 1.82) is 0 Å². The first kappa shape index (κ1) is 13.3. The van der Waals surface area contributed by atoms with Gasteiger partial charge in [0.25, 0.3) is 0 Å². The van der Waals surface area contributed by atoms with E-state index in [2.05, 4.69) is 4.98 Å². The number of carbonyl (C=O) groups is 1. The van der Waals surface area contributed by atoms with Crippen LogP contribution in [0.4, 0.5) is 4.39 Å². The smallest absolute Gasteiger partial charge is 0.153 e. The quantitative estimate of drug-likeness (QED) is 0.778. The highest BCUT2D eigenvalue weighted by Gasteiger charge is 2.08. The van der Waals surface area contributed by atoms with Crippen LogP contribution in [0.1, 0.15) is 35.9 Å². The molecule has 0 N–H and O–H groups in total. The normalized spacial score (nSPS) is 10.7. The fourth-order valence-corrected chi connectivity index (χ4v) is 1.80. The number of rotatable bonds is 5. The molecule has 0 saturated heterocycles. The van der Waals surface area contributed by atoms with Crippen molar-refractivity contribution in [3.05, 3.63) is 47.8 Å². The van der Waals surface area contributed by atoms with Crippen LogP contribution in [0, 0.1) is 5.82 Å². The van der Waals surface area contributed by atoms with E-state index in [1.807, 2.05) is 18.4 Å². The highest BCUT2D eigenvalue weighted by Crippen LogP contribution is 2.20. The van der Waals surface area contributed by atoms with Crippen molar-refractivity contribution in [1.82, 2.24) is 9.55 Å². The van der Waals surface area contributed by atoms with E-state index in [0.29, 0.717) is 12.0 Å². The fourth-order valence-electron chi connectivity index (χ4n) is 1.80. The van der Waals surface area contributed by atoms with Gasteiger partial charge in [-0.3, -0.25) is 4.79 Å². The molecule has 0 radical (unpaired) electrons. The Kier molecular flexibility index (Phi) is 3.94. The molecular formula is C14H15FN2O2. The molecule has 19 heavy (non-hydrogen) atoms. The number of halogens is 1. The minimum Gasteiger partial charge on any atom is -0.487 e. The molecule has 0 aliphatic rings. The third-order valence-corrected chi connectivity index (χ3v) is 2.78. The lowest BCUT2D eigenvalue weighted by Gasteiger charge is -2.13. The van der Waals surface area contributed by atoms with Gasteiger partial charge < -0.3 is 9.30 Å². The van der Waals surface area contributed by atoms with Crippen LogP contribution in [-0.2, 0) is 6.61 Å². The number of carbonyl (C=O) groups excluding carboxylic acids is 1. The van der Waals surface area contributed by atoms with Crippen LogP contribution >= 0.6 is 0 Å². The molecular weight excluding hydrogens is 247 g/mol. The van der Waals surface area contributed by atoms with E-state index in [-0.39, 0.29) is 18.2 Å². The third kappa shape index (κ3) is 2.99. The average molecular weight is 262 g/mol. The van der Waals surface area contributed by atoms with Gasteiger partial charge in [0.2, 0.25) is 0 Å².